The predicted octanol–water partition coefficient (Wildman–Crippen LogP) is 3.26. The Bertz CT molecular complexity index is 226. The maximum absolute atomic E-state index is 10.4. The van der Waals surface area contributed by atoms with Crippen LogP contribution >= 0.6 is 0 Å². The van der Waals surface area contributed by atoms with Crippen LogP contribution in [0.3, 0.4) is 0 Å². The number of allylic oxidation sites excluding steroid dienone is 3. The summed E-state index contributed by atoms with van der Waals surface area (Å²) in [6.45, 7) is 9.93. The van der Waals surface area contributed by atoms with Crippen LogP contribution in [0, 0.1) is 11.8 Å². The Balaban J connectivity index is 4.16. The molecule has 1 N–H and O–H groups in total. The lowest BCUT2D eigenvalue weighted by Crippen LogP contribution is -2.08. The van der Waals surface area contributed by atoms with Gasteiger partial charge < -0.3 is 5.11 Å². The zero-order chi connectivity index (χ0) is 11.1. The number of hydrogen-bond donors (Lipinski definition) is 1. The zero-order valence-corrected chi connectivity index (χ0v) is 9.29. The maximum Gasteiger partial charge on any atom is 0.303 e. The molecule has 14 heavy (non-hydrogen) atoms. The zero-order valence-electron chi connectivity index (χ0n) is 9.29. The molecule has 1 atom stereocenters. The first-order chi connectivity index (χ1) is 6.43. The first-order valence-electron chi connectivity index (χ1n) is 4.99. The van der Waals surface area contributed by atoms with Gasteiger partial charge in [0, 0.05) is 6.42 Å². The molecule has 2 nitrogen and oxygen atoms in total. The van der Waals surface area contributed by atoms with Gasteiger partial charge in [0.05, 0.1) is 0 Å². The lowest BCUT2D eigenvalue weighted by Gasteiger charge is -2.15. The molecule has 0 heterocycles. The van der Waals surface area contributed by atoms with Crippen molar-refractivity contribution in [3.63, 3.8) is 0 Å². The summed E-state index contributed by atoms with van der Waals surface area (Å²) in [7, 11) is 0. The monoisotopic (exact) mass is 196 g/mol. The fraction of sp³-hybridized carbons (Fsp3) is 0.583. The Morgan fingerprint density at radius 1 is 1.50 bits per heavy atom. The minimum atomic E-state index is -0.723. The molecule has 0 saturated heterocycles. The van der Waals surface area contributed by atoms with Crippen molar-refractivity contribution in [1.82, 2.24) is 0 Å². The molecule has 0 radical (unpaired) electrons. The molecule has 2 heteroatoms. The van der Waals surface area contributed by atoms with Crippen LogP contribution in [0.5, 0.6) is 0 Å². The number of rotatable bonds is 6. The Hall–Kier alpha value is -1.05. The highest BCUT2D eigenvalue weighted by Crippen LogP contribution is 2.19. The van der Waals surface area contributed by atoms with Crippen LogP contribution in [0.4, 0.5) is 0 Å². The third-order valence-corrected chi connectivity index (χ3v) is 2.18. The van der Waals surface area contributed by atoms with Crippen LogP contribution in [0.25, 0.3) is 0 Å². The van der Waals surface area contributed by atoms with Gasteiger partial charge in [0.2, 0.25) is 0 Å². The lowest BCUT2D eigenvalue weighted by molar-refractivity contribution is -0.137. The van der Waals surface area contributed by atoms with Gasteiger partial charge >= 0.3 is 5.97 Å². The summed E-state index contributed by atoms with van der Waals surface area (Å²) in [4.78, 5) is 10.4. The van der Waals surface area contributed by atoms with Crippen LogP contribution in [-0.4, -0.2) is 11.1 Å². The van der Waals surface area contributed by atoms with Crippen molar-refractivity contribution in [3.05, 3.63) is 24.3 Å². The second-order valence-electron chi connectivity index (χ2n) is 4.05. The second kappa shape index (κ2) is 6.41. The number of aliphatic carboxylic acids is 1. The van der Waals surface area contributed by atoms with Gasteiger partial charge in [0.15, 0.2) is 0 Å². The van der Waals surface area contributed by atoms with Gasteiger partial charge in [-0.05, 0) is 25.2 Å². The van der Waals surface area contributed by atoms with Crippen molar-refractivity contribution >= 4 is 5.97 Å². The first-order valence-corrected chi connectivity index (χ1v) is 4.99. The number of carboxylic acids is 1. The molecular weight excluding hydrogens is 176 g/mol. The average molecular weight is 196 g/mol. The molecule has 0 aliphatic carbocycles. The van der Waals surface area contributed by atoms with Gasteiger partial charge in [-0.15, -0.1) is 0 Å². The Labute approximate surface area is 86.3 Å². The Morgan fingerprint density at radius 2 is 2.07 bits per heavy atom. The van der Waals surface area contributed by atoms with E-state index in [1.807, 2.05) is 13.0 Å². The SMILES string of the molecule is C=C(C)/C=C/C(CCC(=O)O)C(C)C. The summed E-state index contributed by atoms with van der Waals surface area (Å²) in [5, 5.41) is 8.58. The summed E-state index contributed by atoms with van der Waals surface area (Å²) >= 11 is 0. The van der Waals surface area contributed by atoms with Crippen molar-refractivity contribution in [2.24, 2.45) is 11.8 Å². The van der Waals surface area contributed by atoms with Gasteiger partial charge in [0.25, 0.3) is 0 Å². The quantitative estimate of drug-likeness (QED) is 0.662. The molecule has 0 bridgehead atoms. The smallest absolute Gasteiger partial charge is 0.303 e. The molecule has 0 aromatic carbocycles. The standard InChI is InChI=1S/C12H20O2/c1-9(2)5-6-11(10(3)4)7-8-12(13)14/h5-6,10-11H,1,7-8H2,2-4H3,(H,13,14)/b6-5+. The van der Waals surface area contributed by atoms with Crippen LogP contribution in [0.2, 0.25) is 0 Å². The summed E-state index contributed by atoms with van der Waals surface area (Å²) < 4.78 is 0. The highest BCUT2D eigenvalue weighted by atomic mass is 16.4. The van der Waals surface area contributed by atoms with Gasteiger partial charge in [-0.2, -0.15) is 0 Å². The predicted molar refractivity (Wildman–Crippen MR) is 59.2 cm³/mol. The summed E-state index contributed by atoms with van der Waals surface area (Å²) in [5.74, 6) is 0.0899. The van der Waals surface area contributed by atoms with Crippen molar-refractivity contribution in [1.29, 1.82) is 0 Å². The van der Waals surface area contributed by atoms with E-state index in [-0.39, 0.29) is 6.42 Å². The molecule has 1 unspecified atom stereocenters. The summed E-state index contributed by atoms with van der Waals surface area (Å²) in [5.41, 5.74) is 1.01. The molecule has 0 spiro atoms. The average Bonchev–Trinajstić information content (AvgIpc) is 2.02. The van der Waals surface area contributed by atoms with E-state index in [1.54, 1.807) is 0 Å². The number of carboxylic acid groups (broad SMARTS) is 1. The largest absolute Gasteiger partial charge is 0.481 e. The van der Waals surface area contributed by atoms with Crippen molar-refractivity contribution in [2.45, 2.75) is 33.6 Å². The van der Waals surface area contributed by atoms with E-state index in [1.165, 1.54) is 0 Å². The normalized spacial score (nSPS) is 13.4. The molecule has 0 aliphatic rings. The summed E-state index contributed by atoms with van der Waals surface area (Å²) in [6.07, 6.45) is 4.97. The van der Waals surface area contributed by atoms with E-state index in [4.69, 9.17) is 5.11 Å². The third-order valence-electron chi connectivity index (χ3n) is 2.18. The van der Waals surface area contributed by atoms with E-state index >= 15 is 0 Å². The van der Waals surface area contributed by atoms with E-state index in [2.05, 4.69) is 26.5 Å². The first kappa shape index (κ1) is 12.9. The summed E-state index contributed by atoms with van der Waals surface area (Å²) in [6, 6.07) is 0. The highest BCUT2D eigenvalue weighted by Gasteiger charge is 2.11. The van der Waals surface area contributed by atoms with Gasteiger partial charge in [-0.1, -0.05) is 38.2 Å². The minimum Gasteiger partial charge on any atom is -0.481 e. The highest BCUT2D eigenvalue weighted by molar-refractivity contribution is 5.66. The van der Waals surface area contributed by atoms with Crippen LogP contribution < -0.4 is 0 Å². The minimum absolute atomic E-state index is 0.239. The van der Waals surface area contributed by atoms with E-state index < -0.39 is 5.97 Å². The lowest BCUT2D eigenvalue weighted by atomic mass is 9.90. The molecule has 0 saturated carbocycles. The molecule has 0 aliphatic heterocycles. The van der Waals surface area contributed by atoms with Gasteiger partial charge in [-0.25, -0.2) is 0 Å². The van der Waals surface area contributed by atoms with Crippen molar-refractivity contribution < 1.29 is 9.90 Å². The molecule has 0 aromatic rings. The molecular formula is C12H20O2. The van der Waals surface area contributed by atoms with E-state index in [0.29, 0.717) is 18.3 Å². The van der Waals surface area contributed by atoms with Gasteiger partial charge in [-0.3, -0.25) is 4.79 Å². The second-order valence-corrected chi connectivity index (χ2v) is 4.05. The molecule has 0 rings (SSSR count). The van der Waals surface area contributed by atoms with Crippen LogP contribution in [-0.2, 0) is 4.79 Å². The molecule has 0 amide bonds. The van der Waals surface area contributed by atoms with E-state index in [0.717, 1.165) is 5.57 Å². The number of carbonyl (C=O) groups is 1. The molecule has 0 fully saturated rings. The topological polar surface area (TPSA) is 37.3 Å². The third kappa shape index (κ3) is 6.46. The fourth-order valence-corrected chi connectivity index (χ4v) is 1.23. The molecule has 0 aromatic heterocycles. The van der Waals surface area contributed by atoms with Gasteiger partial charge in [0.1, 0.15) is 0 Å². The maximum atomic E-state index is 10.4. The fourth-order valence-electron chi connectivity index (χ4n) is 1.23. The number of hydrogen-bond acceptors (Lipinski definition) is 1. The van der Waals surface area contributed by atoms with Crippen molar-refractivity contribution in [3.8, 4) is 0 Å². The van der Waals surface area contributed by atoms with Crippen molar-refractivity contribution in [2.75, 3.05) is 0 Å². The Morgan fingerprint density at radius 3 is 2.43 bits per heavy atom. The van der Waals surface area contributed by atoms with E-state index in [9.17, 15) is 4.79 Å². The van der Waals surface area contributed by atoms with Crippen LogP contribution in [0.15, 0.2) is 24.3 Å². The Kier molecular flexibility index (Phi) is 5.93. The molecule has 80 valence electrons. The van der Waals surface area contributed by atoms with Crippen LogP contribution in [0.1, 0.15) is 33.6 Å².